The molecule has 136 valence electrons. The van der Waals surface area contributed by atoms with E-state index in [1.807, 2.05) is 0 Å². The largest absolute Gasteiger partial charge is 0.496 e. The van der Waals surface area contributed by atoms with Gasteiger partial charge in [-0.05, 0) is 58.7 Å². The van der Waals surface area contributed by atoms with Crippen LogP contribution in [0.2, 0.25) is 0 Å². The highest BCUT2D eigenvalue weighted by Gasteiger charge is 2.31. The van der Waals surface area contributed by atoms with E-state index in [1.54, 1.807) is 0 Å². The van der Waals surface area contributed by atoms with Crippen LogP contribution in [0.1, 0.15) is 24.1 Å². The molecule has 0 saturated carbocycles. The zero-order valence-electron chi connectivity index (χ0n) is 13.3. The Kier molecular flexibility index (Phi) is 5.80. The van der Waals surface area contributed by atoms with Crippen LogP contribution >= 0.6 is 15.9 Å². The van der Waals surface area contributed by atoms with Crippen molar-refractivity contribution in [1.29, 1.82) is 0 Å². The molecule has 0 heterocycles. The van der Waals surface area contributed by atoms with Gasteiger partial charge < -0.3 is 4.74 Å². The summed E-state index contributed by atoms with van der Waals surface area (Å²) in [6.45, 7) is 1.48. The van der Waals surface area contributed by atoms with Gasteiger partial charge in [-0.2, -0.15) is 13.2 Å². The predicted molar refractivity (Wildman–Crippen MR) is 90.9 cm³/mol. The highest BCUT2D eigenvalue weighted by atomic mass is 79.9. The van der Waals surface area contributed by atoms with Gasteiger partial charge in [-0.3, -0.25) is 0 Å². The van der Waals surface area contributed by atoms with E-state index in [4.69, 9.17) is 4.74 Å². The van der Waals surface area contributed by atoms with E-state index in [1.165, 1.54) is 44.4 Å². The summed E-state index contributed by atoms with van der Waals surface area (Å²) < 4.78 is 71.2. The average Bonchev–Trinajstić information content (AvgIpc) is 2.53. The number of alkyl halides is 3. The van der Waals surface area contributed by atoms with Gasteiger partial charge in [0.1, 0.15) is 5.75 Å². The van der Waals surface area contributed by atoms with Crippen molar-refractivity contribution < 1.29 is 26.3 Å². The van der Waals surface area contributed by atoms with E-state index in [9.17, 15) is 21.6 Å². The third-order valence-electron chi connectivity index (χ3n) is 3.48. The molecule has 0 aliphatic heterocycles. The van der Waals surface area contributed by atoms with Crippen molar-refractivity contribution in [1.82, 2.24) is 4.72 Å². The van der Waals surface area contributed by atoms with Crippen molar-refractivity contribution in [3.63, 3.8) is 0 Å². The predicted octanol–water partition coefficient (Wildman–Crippen LogP) is 4.52. The molecule has 4 nitrogen and oxygen atoms in total. The third-order valence-corrected chi connectivity index (χ3v) is 5.64. The second-order valence-corrected chi connectivity index (χ2v) is 7.83. The van der Waals surface area contributed by atoms with Gasteiger partial charge in [0, 0.05) is 6.04 Å². The number of hydrogen-bond donors (Lipinski definition) is 1. The minimum Gasteiger partial charge on any atom is -0.496 e. The van der Waals surface area contributed by atoms with Crippen molar-refractivity contribution in [2.45, 2.75) is 24.0 Å². The van der Waals surface area contributed by atoms with Crippen LogP contribution in [0.3, 0.4) is 0 Å². The Morgan fingerprint density at radius 2 is 1.84 bits per heavy atom. The van der Waals surface area contributed by atoms with Gasteiger partial charge in [0.2, 0.25) is 10.0 Å². The highest BCUT2D eigenvalue weighted by molar-refractivity contribution is 9.10. The summed E-state index contributed by atoms with van der Waals surface area (Å²) in [5, 5.41) is 0. The molecular weight excluding hydrogens is 423 g/mol. The van der Waals surface area contributed by atoms with Crippen LogP contribution in [0.15, 0.2) is 51.8 Å². The first-order chi connectivity index (χ1) is 11.5. The van der Waals surface area contributed by atoms with Gasteiger partial charge in [-0.1, -0.05) is 12.1 Å². The minimum atomic E-state index is -4.49. The van der Waals surface area contributed by atoms with Crippen LogP contribution in [0, 0.1) is 0 Å². The quantitative estimate of drug-likeness (QED) is 0.747. The first-order valence-corrected chi connectivity index (χ1v) is 9.35. The first-order valence-electron chi connectivity index (χ1n) is 7.07. The smallest absolute Gasteiger partial charge is 0.416 e. The number of hydrogen-bond acceptors (Lipinski definition) is 3. The Balaban J connectivity index is 2.27. The maximum atomic E-state index is 12.8. The van der Waals surface area contributed by atoms with Gasteiger partial charge in [0.05, 0.1) is 22.0 Å². The standard InChI is InChI=1S/C16H15BrF3NO3S/c1-10(11-4-3-5-12(8-11)16(18,19)20)21-25(22,23)13-6-7-15(24-2)14(17)9-13/h3-10,21H,1-2H3. The molecule has 1 unspecified atom stereocenters. The molecule has 0 amide bonds. The number of halogens is 4. The number of sulfonamides is 1. The lowest BCUT2D eigenvalue weighted by atomic mass is 10.1. The average molecular weight is 438 g/mol. The van der Waals surface area contributed by atoms with Crippen LogP contribution in [0.25, 0.3) is 0 Å². The molecule has 1 atom stereocenters. The van der Waals surface area contributed by atoms with Crippen LogP contribution < -0.4 is 9.46 Å². The monoisotopic (exact) mass is 437 g/mol. The van der Waals surface area contributed by atoms with Crippen molar-refractivity contribution in [2.24, 2.45) is 0 Å². The topological polar surface area (TPSA) is 55.4 Å². The molecule has 25 heavy (non-hydrogen) atoms. The van der Waals surface area contributed by atoms with Crippen molar-refractivity contribution in [3.8, 4) is 5.75 Å². The Labute approximate surface area is 152 Å². The summed E-state index contributed by atoms with van der Waals surface area (Å²) in [5.41, 5.74) is -0.616. The molecular formula is C16H15BrF3NO3S. The van der Waals surface area contributed by atoms with E-state index >= 15 is 0 Å². The molecule has 0 saturated heterocycles. The summed E-state index contributed by atoms with van der Waals surface area (Å²) in [6, 6.07) is 7.90. The lowest BCUT2D eigenvalue weighted by Gasteiger charge is -2.17. The highest BCUT2D eigenvalue weighted by Crippen LogP contribution is 2.31. The van der Waals surface area contributed by atoms with Crippen LogP contribution in [-0.4, -0.2) is 15.5 Å². The van der Waals surface area contributed by atoms with Gasteiger partial charge in [0.25, 0.3) is 0 Å². The van der Waals surface area contributed by atoms with Crippen LogP contribution in [0.5, 0.6) is 5.75 Å². The van der Waals surface area contributed by atoms with Crippen molar-refractivity contribution >= 4 is 26.0 Å². The van der Waals surface area contributed by atoms with Gasteiger partial charge in [0.15, 0.2) is 0 Å². The number of ether oxygens (including phenoxy) is 1. The number of nitrogens with one attached hydrogen (secondary N) is 1. The molecule has 0 aliphatic rings. The SMILES string of the molecule is COc1ccc(S(=O)(=O)NC(C)c2cccc(C(F)(F)F)c2)cc1Br. The summed E-state index contributed by atoms with van der Waals surface area (Å²) in [6.07, 6.45) is -4.49. The molecule has 0 bridgehead atoms. The van der Waals surface area contributed by atoms with Crippen molar-refractivity contribution in [2.75, 3.05) is 7.11 Å². The van der Waals surface area contributed by atoms with E-state index < -0.39 is 27.8 Å². The second kappa shape index (κ2) is 7.35. The van der Waals surface area contributed by atoms with Crippen LogP contribution in [0.4, 0.5) is 13.2 Å². The molecule has 2 rings (SSSR count). The maximum absolute atomic E-state index is 12.8. The number of benzene rings is 2. The lowest BCUT2D eigenvalue weighted by molar-refractivity contribution is -0.137. The minimum absolute atomic E-state index is 0.0287. The molecule has 0 aliphatic carbocycles. The van der Waals surface area contributed by atoms with Gasteiger partial charge in [-0.25, -0.2) is 13.1 Å². The fourth-order valence-corrected chi connectivity index (χ4v) is 4.12. The molecule has 2 aromatic rings. The summed E-state index contributed by atoms with van der Waals surface area (Å²) >= 11 is 3.20. The zero-order chi connectivity index (χ0) is 18.8. The fraction of sp³-hybridized carbons (Fsp3) is 0.250. The molecule has 0 aromatic heterocycles. The van der Waals surface area contributed by atoms with E-state index in [-0.39, 0.29) is 10.5 Å². The Morgan fingerprint density at radius 3 is 2.40 bits per heavy atom. The molecule has 2 aromatic carbocycles. The Morgan fingerprint density at radius 1 is 1.16 bits per heavy atom. The summed E-state index contributed by atoms with van der Waals surface area (Å²) in [5.74, 6) is 0.463. The Hall–Kier alpha value is -1.58. The maximum Gasteiger partial charge on any atom is 0.416 e. The molecule has 1 N–H and O–H groups in total. The lowest BCUT2D eigenvalue weighted by Crippen LogP contribution is -2.27. The number of rotatable bonds is 5. The van der Waals surface area contributed by atoms with E-state index in [0.717, 1.165) is 12.1 Å². The third kappa shape index (κ3) is 4.74. The van der Waals surface area contributed by atoms with Gasteiger partial charge in [-0.15, -0.1) is 0 Å². The Bertz CT molecular complexity index is 869. The molecule has 0 spiro atoms. The summed E-state index contributed by atoms with van der Waals surface area (Å²) in [7, 11) is -2.47. The van der Waals surface area contributed by atoms with Gasteiger partial charge >= 0.3 is 6.18 Å². The fourth-order valence-electron chi connectivity index (χ4n) is 2.17. The second-order valence-electron chi connectivity index (χ2n) is 5.26. The van der Waals surface area contributed by atoms with E-state index in [0.29, 0.717) is 10.2 Å². The first kappa shape index (κ1) is 19.7. The molecule has 9 heteroatoms. The molecule has 0 fully saturated rings. The summed E-state index contributed by atoms with van der Waals surface area (Å²) in [4.78, 5) is -0.0287. The van der Waals surface area contributed by atoms with E-state index in [2.05, 4.69) is 20.7 Å². The zero-order valence-corrected chi connectivity index (χ0v) is 15.7. The van der Waals surface area contributed by atoms with Crippen molar-refractivity contribution in [3.05, 3.63) is 58.1 Å². The normalized spacial score (nSPS) is 13.5. The number of methoxy groups -OCH3 is 1. The van der Waals surface area contributed by atoms with Crippen LogP contribution in [-0.2, 0) is 16.2 Å². The molecule has 0 radical (unpaired) electrons.